The average molecular weight is 367 g/mol. The van der Waals surface area contributed by atoms with Gasteiger partial charge in [0, 0.05) is 32.6 Å². The van der Waals surface area contributed by atoms with E-state index in [2.05, 4.69) is 15.2 Å². The number of amides is 2. The van der Waals surface area contributed by atoms with E-state index in [1.807, 2.05) is 6.92 Å². The van der Waals surface area contributed by atoms with Crippen LogP contribution < -0.4 is 0 Å². The fourth-order valence-corrected chi connectivity index (χ4v) is 4.39. The monoisotopic (exact) mass is 367 g/mol. The summed E-state index contributed by atoms with van der Waals surface area (Å²) in [5.41, 5.74) is -0.451. The summed E-state index contributed by atoms with van der Waals surface area (Å²) in [6.45, 7) is 4.17. The van der Waals surface area contributed by atoms with E-state index in [-0.39, 0.29) is 24.2 Å². The van der Waals surface area contributed by atoms with Crippen LogP contribution in [0.25, 0.3) is 0 Å². The van der Waals surface area contributed by atoms with Gasteiger partial charge in [0.1, 0.15) is 5.82 Å². The quantitative estimate of drug-likeness (QED) is 0.701. The van der Waals surface area contributed by atoms with Crippen molar-refractivity contribution in [2.45, 2.75) is 37.8 Å². The summed E-state index contributed by atoms with van der Waals surface area (Å²) < 4.78 is 0. The number of β-amino-alcohol motifs (C(OH)–C–C–N with tert-alkyl or cyclic N) is 1. The molecule has 138 valence electrons. The lowest BCUT2D eigenvalue weighted by Crippen LogP contribution is -2.51. The Kier molecular flexibility index (Phi) is 5.63. The molecular formula is C16H25N5O3S. The zero-order valence-corrected chi connectivity index (χ0v) is 15.3. The predicted molar refractivity (Wildman–Crippen MR) is 93.0 cm³/mol. The van der Waals surface area contributed by atoms with Gasteiger partial charge in [-0.25, -0.2) is 4.98 Å². The van der Waals surface area contributed by atoms with Crippen LogP contribution in [0.5, 0.6) is 0 Å². The van der Waals surface area contributed by atoms with Crippen LogP contribution in [0.4, 0.5) is 0 Å². The van der Waals surface area contributed by atoms with Gasteiger partial charge in [-0.2, -0.15) is 0 Å². The molecule has 0 unspecified atom stereocenters. The van der Waals surface area contributed by atoms with Crippen molar-refractivity contribution in [3.8, 4) is 0 Å². The summed E-state index contributed by atoms with van der Waals surface area (Å²) in [7, 11) is 0. The number of aliphatic hydroxyl groups excluding tert-OH is 1. The molecule has 8 nitrogen and oxygen atoms in total. The Bertz CT molecular complexity index is 635. The van der Waals surface area contributed by atoms with Crippen molar-refractivity contribution < 1.29 is 14.7 Å². The molecule has 2 fully saturated rings. The molecule has 2 aliphatic heterocycles. The van der Waals surface area contributed by atoms with E-state index in [4.69, 9.17) is 5.11 Å². The van der Waals surface area contributed by atoms with E-state index in [1.165, 1.54) is 11.8 Å². The highest BCUT2D eigenvalue weighted by atomic mass is 32.2. The topological polar surface area (TPSA) is 102 Å². The van der Waals surface area contributed by atoms with E-state index >= 15 is 0 Å². The van der Waals surface area contributed by atoms with Gasteiger partial charge in [-0.15, -0.1) is 5.10 Å². The third-order valence-electron chi connectivity index (χ3n) is 5.07. The van der Waals surface area contributed by atoms with Crippen LogP contribution in [0.15, 0.2) is 5.16 Å². The molecule has 3 heterocycles. The standard InChI is InChI=1S/C16H25N5O3S/c1-2-12-17-15(19-18-12)25-10-13(23)21-7-5-16(11-21)4-3-6-20(8-9-22)14(16)24/h22H,2-11H2,1H3,(H,17,18,19)/t16-/m0/s1. The first-order valence-electron chi connectivity index (χ1n) is 8.80. The average Bonchev–Trinajstić information content (AvgIpc) is 3.25. The summed E-state index contributed by atoms with van der Waals surface area (Å²) in [5.74, 6) is 1.21. The number of aliphatic hydroxyl groups is 1. The number of hydrogen-bond donors (Lipinski definition) is 2. The van der Waals surface area contributed by atoms with Crippen molar-refractivity contribution in [1.82, 2.24) is 25.0 Å². The van der Waals surface area contributed by atoms with E-state index in [0.717, 1.165) is 25.1 Å². The maximum absolute atomic E-state index is 12.8. The molecule has 2 saturated heterocycles. The second-order valence-corrected chi connectivity index (χ2v) is 7.61. The molecule has 2 aliphatic rings. The van der Waals surface area contributed by atoms with E-state index in [1.54, 1.807) is 9.80 Å². The molecule has 0 saturated carbocycles. The molecular weight excluding hydrogens is 342 g/mol. The lowest BCUT2D eigenvalue weighted by molar-refractivity contribution is -0.146. The Balaban J connectivity index is 1.56. The minimum atomic E-state index is -0.451. The molecule has 3 rings (SSSR count). The zero-order chi connectivity index (χ0) is 17.9. The first kappa shape index (κ1) is 18.2. The third kappa shape index (κ3) is 3.82. The fourth-order valence-electron chi connectivity index (χ4n) is 3.67. The number of aryl methyl sites for hydroxylation is 1. The van der Waals surface area contributed by atoms with Crippen LogP contribution in [0, 0.1) is 5.41 Å². The first-order valence-corrected chi connectivity index (χ1v) is 9.78. The smallest absolute Gasteiger partial charge is 0.233 e. The number of aromatic nitrogens is 3. The summed E-state index contributed by atoms with van der Waals surface area (Å²) >= 11 is 1.32. The maximum Gasteiger partial charge on any atom is 0.233 e. The van der Waals surface area contributed by atoms with Crippen LogP contribution in [-0.4, -0.2) is 80.4 Å². The summed E-state index contributed by atoms with van der Waals surface area (Å²) in [6, 6.07) is 0. The van der Waals surface area contributed by atoms with Crippen molar-refractivity contribution in [3.63, 3.8) is 0 Å². The van der Waals surface area contributed by atoms with Crippen LogP contribution in [-0.2, 0) is 16.0 Å². The molecule has 0 aliphatic carbocycles. The SMILES string of the molecule is CCc1nc(SCC(=O)N2CC[C@@]3(CCCN(CCO)C3=O)C2)n[nH]1. The largest absolute Gasteiger partial charge is 0.395 e. The minimum Gasteiger partial charge on any atom is -0.395 e. The van der Waals surface area contributed by atoms with Crippen molar-refractivity contribution in [1.29, 1.82) is 0 Å². The molecule has 1 spiro atoms. The lowest BCUT2D eigenvalue weighted by Gasteiger charge is -2.39. The van der Waals surface area contributed by atoms with Crippen LogP contribution >= 0.6 is 11.8 Å². The highest BCUT2D eigenvalue weighted by Crippen LogP contribution is 2.40. The number of nitrogens with zero attached hydrogens (tertiary/aromatic N) is 4. The fraction of sp³-hybridized carbons (Fsp3) is 0.750. The Morgan fingerprint density at radius 3 is 2.96 bits per heavy atom. The van der Waals surface area contributed by atoms with Crippen LogP contribution in [0.2, 0.25) is 0 Å². The van der Waals surface area contributed by atoms with Gasteiger partial charge >= 0.3 is 0 Å². The second-order valence-electron chi connectivity index (χ2n) is 6.67. The van der Waals surface area contributed by atoms with Crippen molar-refractivity contribution in [3.05, 3.63) is 5.82 Å². The Hall–Kier alpha value is -1.61. The Morgan fingerprint density at radius 2 is 2.24 bits per heavy atom. The number of nitrogens with one attached hydrogen (secondary N) is 1. The number of thioether (sulfide) groups is 1. The Morgan fingerprint density at radius 1 is 1.40 bits per heavy atom. The number of piperidine rings is 1. The van der Waals surface area contributed by atoms with Gasteiger partial charge in [-0.3, -0.25) is 14.7 Å². The Labute approximate surface area is 151 Å². The molecule has 9 heteroatoms. The minimum absolute atomic E-state index is 0.0164. The molecule has 2 amide bonds. The van der Waals surface area contributed by atoms with Crippen LogP contribution in [0.1, 0.15) is 32.0 Å². The van der Waals surface area contributed by atoms with Crippen molar-refractivity contribution >= 4 is 23.6 Å². The van der Waals surface area contributed by atoms with E-state index in [0.29, 0.717) is 37.8 Å². The highest BCUT2D eigenvalue weighted by Gasteiger charge is 2.49. The molecule has 0 aromatic carbocycles. The summed E-state index contributed by atoms with van der Waals surface area (Å²) in [6.07, 6.45) is 3.25. The first-order chi connectivity index (χ1) is 12.1. The number of H-pyrrole nitrogens is 1. The molecule has 0 radical (unpaired) electrons. The number of carbonyl (C=O) groups excluding carboxylic acids is 2. The molecule has 0 bridgehead atoms. The lowest BCUT2D eigenvalue weighted by atomic mass is 9.78. The van der Waals surface area contributed by atoms with E-state index in [9.17, 15) is 9.59 Å². The number of carbonyl (C=O) groups is 2. The molecule has 1 aromatic heterocycles. The van der Waals surface area contributed by atoms with Crippen molar-refractivity contribution in [2.75, 3.05) is 38.5 Å². The van der Waals surface area contributed by atoms with Gasteiger partial charge < -0.3 is 14.9 Å². The number of rotatable bonds is 6. The van der Waals surface area contributed by atoms with Gasteiger partial charge in [-0.05, 0) is 19.3 Å². The predicted octanol–water partition coefficient (Wildman–Crippen LogP) is 0.293. The number of hydrogen-bond acceptors (Lipinski definition) is 6. The molecule has 2 N–H and O–H groups in total. The van der Waals surface area contributed by atoms with Gasteiger partial charge in [0.05, 0.1) is 17.8 Å². The summed E-state index contributed by atoms with van der Waals surface area (Å²) in [4.78, 5) is 33.1. The normalized spacial score (nSPS) is 23.7. The third-order valence-corrected chi connectivity index (χ3v) is 5.90. The van der Waals surface area contributed by atoms with Gasteiger partial charge in [0.2, 0.25) is 17.0 Å². The molecule has 25 heavy (non-hydrogen) atoms. The molecule has 1 atom stereocenters. The maximum atomic E-state index is 12.8. The summed E-state index contributed by atoms with van der Waals surface area (Å²) in [5, 5.41) is 16.6. The second kappa shape index (κ2) is 7.74. The molecule has 1 aromatic rings. The number of likely N-dealkylation sites (tertiary alicyclic amines) is 2. The van der Waals surface area contributed by atoms with E-state index < -0.39 is 5.41 Å². The van der Waals surface area contributed by atoms with Gasteiger partial charge in [-0.1, -0.05) is 18.7 Å². The highest BCUT2D eigenvalue weighted by molar-refractivity contribution is 7.99. The van der Waals surface area contributed by atoms with Gasteiger partial charge in [0.15, 0.2) is 0 Å². The zero-order valence-electron chi connectivity index (χ0n) is 14.5. The van der Waals surface area contributed by atoms with Gasteiger partial charge in [0.25, 0.3) is 0 Å². The van der Waals surface area contributed by atoms with Crippen molar-refractivity contribution in [2.24, 2.45) is 5.41 Å². The van der Waals surface area contributed by atoms with Crippen LogP contribution in [0.3, 0.4) is 0 Å². The number of aromatic amines is 1.